The van der Waals surface area contributed by atoms with Gasteiger partial charge in [0.15, 0.2) is 5.82 Å². The molecule has 5 N–H and O–H groups in total. The van der Waals surface area contributed by atoms with Gasteiger partial charge in [0.05, 0.1) is 23.9 Å². The summed E-state index contributed by atoms with van der Waals surface area (Å²) in [4.78, 5) is 20.2. The molecule has 144 valence electrons. The van der Waals surface area contributed by atoms with E-state index in [9.17, 15) is 9.90 Å². The van der Waals surface area contributed by atoms with Crippen LogP contribution in [0.5, 0.6) is 0 Å². The summed E-state index contributed by atoms with van der Waals surface area (Å²) in [5, 5.41) is 16.1. The molecule has 0 bridgehead atoms. The van der Waals surface area contributed by atoms with Crippen molar-refractivity contribution >= 4 is 23.4 Å². The molecule has 2 aliphatic rings. The van der Waals surface area contributed by atoms with Crippen molar-refractivity contribution < 1.29 is 14.6 Å². The maximum absolute atomic E-state index is 11.4. The molecule has 0 aromatic carbocycles. The maximum Gasteiger partial charge on any atom is 0.309 e. The van der Waals surface area contributed by atoms with Crippen LogP contribution in [0.15, 0.2) is 6.20 Å². The van der Waals surface area contributed by atoms with Gasteiger partial charge >= 0.3 is 5.97 Å². The third-order valence-electron chi connectivity index (χ3n) is 5.72. The average Bonchev–Trinajstić information content (AvgIpc) is 2.62. The number of rotatable bonds is 5. The fourth-order valence-corrected chi connectivity index (χ4v) is 3.64. The molecule has 0 spiro atoms. The topological polar surface area (TPSA) is 122 Å². The Hall–Kier alpha value is -2.09. The average molecular weight is 363 g/mol. The van der Waals surface area contributed by atoms with Crippen LogP contribution in [0, 0.1) is 11.3 Å². The predicted molar refractivity (Wildman–Crippen MR) is 100 cm³/mol. The van der Waals surface area contributed by atoms with Gasteiger partial charge in [0, 0.05) is 18.7 Å². The summed E-state index contributed by atoms with van der Waals surface area (Å²) < 4.78 is 5.47. The van der Waals surface area contributed by atoms with Crippen molar-refractivity contribution in [2.45, 2.75) is 58.0 Å². The SMILES string of the molecule is C[C@@H]1COCC[C@H]1Nc1ncc(N)c(NC2CCC(C)(C(=O)O)CC2)n1. The van der Waals surface area contributed by atoms with Gasteiger partial charge < -0.3 is 26.2 Å². The van der Waals surface area contributed by atoms with Gasteiger partial charge in [-0.25, -0.2) is 4.98 Å². The largest absolute Gasteiger partial charge is 0.481 e. The van der Waals surface area contributed by atoms with Crippen LogP contribution in [0.4, 0.5) is 17.5 Å². The first-order chi connectivity index (χ1) is 12.4. The minimum absolute atomic E-state index is 0.175. The lowest BCUT2D eigenvalue weighted by Gasteiger charge is -2.34. The van der Waals surface area contributed by atoms with Crippen LogP contribution in [-0.4, -0.2) is 46.3 Å². The van der Waals surface area contributed by atoms with E-state index in [0.29, 0.717) is 36.2 Å². The number of hydrogen-bond donors (Lipinski definition) is 4. The van der Waals surface area contributed by atoms with Crippen molar-refractivity contribution in [1.82, 2.24) is 9.97 Å². The zero-order valence-corrected chi connectivity index (χ0v) is 15.5. The lowest BCUT2D eigenvalue weighted by atomic mass is 9.74. The van der Waals surface area contributed by atoms with E-state index in [-0.39, 0.29) is 12.1 Å². The first-order valence-corrected chi connectivity index (χ1v) is 9.34. The van der Waals surface area contributed by atoms with Crippen LogP contribution >= 0.6 is 0 Å². The van der Waals surface area contributed by atoms with E-state index in [2.05, 4.69) is 27.5 Å². The molecule has 26 heavy (non-hydrogen) atoms. The Bertz CT molecular complexity index is 646. The number of carbonyl (C=O) groups is 1. The number of nitrogen functional groups attached to an aromatic ring is 1. The fraction of sp³-hybridized carbons (Fsp3) is 0.722. The van der Waals surface area contributed by atoms with Crippen molar-refractivity contribution in [3.8, 4) is 0 Å². The normalized spacial score (nSPS) is 32.0. The third kappa shape index (κ3) is 4.17. The van der Waals surface area contributed by atoms with Crippen LogP contribution < -0.4 is 16.4 Å². The molecule has 2 heterocycles. The number of nitrogens with zero attached hydrogens (tertiary/aromatic N) is 2. The summed E-state index contributed by atoms with van der Waals surface area (Å²) in [7, 11) is 0. The number of aliphatic carboxylic acids is 1. The summed E-state index contributed by atoms with van der Waals surface area (Å²) in [5.41, 5.74) is 5.92. The molecule has 2 atom stereocenters. The Labute approximate surface area is 153 Å². The summed E-state index contributed by atoms with van der Waals surface area (Å²) in [5.74, 6) is 0.862. The maximum atomic E-state index is 11.4. The molecule has 8 nitrogen and oxygen atoms in total. The van der Waals surface area contributed by atoms with Gasteiger partial charge in [-0.2, -0.15) is 4.98 Å². The van der Waals surface area contributed by atoms with Gasteiger partial charge in [-0.3, -0.25) is 4.79 Å². The van der Waals surface area contributed by atoms with Crippen LogP contribution in [0.25, 0.3) is 0 Å². The van der Waals surface area contributed by atoms with Gasteiger partial charge in [0.1, 0.15) is 0 Å². The second-order valence-electron chi connectivity index (χ2n) is 7.87. The fourth-order valence-electron chi connectivity index (χ4n) is 3.64. The number of aromatic nitrogens is 2. The number of carboxylic acids is 1. The zero-order valence-electron chi connectivity index (χ0n) is 15.5. The molecule has 3 rings (SSSR count). The van der Waals surface area contributed by atoms with E-state index in [1.54, 1.807) is 6.20 Å². The van der Waals surface area contributed by atoms with Crippen LogP contribution in [0.3, 0.4) is 0 Å². The number of nitrogens with one attached hydrogen (secondary N) is 2. The van der Waals surface area contributed by atoms with Crippen LogP contribution in [0.2, 0.25) is 0 Å². The number of nitrogens with two attached hydrogens (primary N) is 1. The number of anilines is 3. The highest BCUT2D eigenvalue weighted by molar-refractivity contribution is 5.74. The van der Waals surface area contributed by atoms with Crippen molar-refractivity contribution in [3.05, 3.63) is 6.20 Å². The molecule has 0 radical (unpaired) electrons. The molecule has 0 amide bonds. The molecule has 1 saturated heterocycles. The summed E-state index contributed by atoms with van der Waals surface area (Å²) in [6.45, 7) is 5.45. The van der Waals surface area contributed by atoms with Gasteiger partial charge in [-0.15, -0.1) is 0 Å². The number of carboxylic acid groups (broad SMARTS) is 1. The van der Waals surface area contributed by atoms with E-state index in [4.69, 9.17) is 10.5 Å². The molecule has 1 saturated carbocycles. The molecule has 1 aliphatic carbocycles. The Morgan fingerprint density at radius 2 is 2.08 bits per heavy atom. The molecular weight excluding hydrogens is 334 g/mol. The Kier molecular flexibility index (Phi) is 5.50. The van der Waals surface area contributed by atoms with Gasteiger partial charge in [0.25, 0.3) is 0 Å². The van der Waals surface area contributed by atoms with Crippen molar-refractivity contribution in [3.63, 3.8) is 0 Å². The summed E-state index contributed by atoms with van der Waals surface area (Å²) in [6.07, 6.45) is 5.41. The van der Waals surface area contributed by atoms with E-state index < -0.39 is 11.4 Å². The standard InChI is InChI=1S/C18H29N5O3/c1-11-10-26-8-5-14(11)22-17-20-9-13(19)15(23-17)21-12-3-6-18(2,7-4-12)16(24)25/h9,11-12,14H,3-8,10,19H2,1-2H3,(H,24,25)(H2,20,21,22,23)/t11-,12?,14-,18?/m1/s1. The summed E-state index contributed by atoms with van der Waals surface area (Å²) in [6, 6.07) is 0.459. The summed E-state index contributed by atoms with van der Waals surface area (Å²) >= 11 is 0. The molecule has 0 unspecified atom stereocenters. The second kappa shape index (κ2) is 7.65. The number of hydrogen-bond acceptors (Lipinski definition) is 7. The third-order valence-corrected chi connectivity index (χ3v) is 5.72. The van der Waals surface area contributed by atoms with Gasteiger partial charge in [-0.05, 0) is 44.9 Å². The minimum atomic E-state index is -0.713. The van der Waals surface area contributed by atoms with Gasteiger partial charge in [0.2, 0.25) is 5.95 Å². The molecule has 1 aromatic rings. The van der Waals surface area contributed by atoms with Crippen molar-refractivity contribution in [2.75, 3.05) is 29.6 Å². The van der Waals surface area contributed by atoms with Crippen LogP contribution in [-0.2, 0) is 9.53 Å². The highest BCUT2D eigenvalue weighted by Crippen LogP contribution is 2.37. The quantitative estimate of drug-likeness (QED) is 0.629. The number of ether oxygens (including phenoxy) is 1. The molecular formula is C18H29N5O3. The molecule has 2 fully saturated rings. The minimum Gasteiger partial charge on any atom is -0.481 e. The highest BCUT2D eigenvalue weighted by atomic mass is 16.5. The van der Waals surface area contributed by atoms with Crippen molar-refractivity contribution in [1.29, 1.82) is 0 Å². The van der Waals surface area contributed by atoms with E-state index in [1.807, 2.05) is 6.92 Å². The Morgan fingerprint density at radius 3 is 2.73 bits per heavy atom. The first-order valence-electron chi connectivity index (χ1n) is 9.34. The lowest BCUT2D eigenvalue weighted by Crippen LogP contribution is -2.37. The predicted octanol–water partition coefficient (Wildman–Crippen LogP) is 2.34. The van der Waals surface area contributed by atoms with Crippen molar-refractivity contribution in [2.24, 2.45) is 11.3 Å². The monoisotopic (exact) mass is 363 g/mol. The smallest absolute Gasteiger partial charge is 0.309 e. The molecule has 8 heteroatoms. The van der Waals surface area contributed by atoms with Crippen LogP contribution in [0.1, 0.15) is 46.0 Å². The van der Waals surface area contributed by atoms with E-state index >= 15 is 0 Å². The van der Waals surface area contributed by atoms with E-state index in [1.165, 1.54) is 0 Å². The zero-order chi connectivity index (χ0) is 18.7. The Balaban J connectivity index is 1.62. The molecule has 1 aliphatic heterocycles. The lowest BCUT2D eigenvalue weighted by molar-refractivity contribution is -0.149. The second-order valence-corrected chi connectivity index (χ2v) is 7.87. The molecule has 1 aromatic heterocycles. The Morgan fingerprint density at radius 1 is 1.35 bits per heavy atom. The highest BCUT2D eigenvalue weighted by Gasteiger charge is 2.37. The van der Waals surface area contributed by atoms with E-state index in [0.717, 1.165) is 32.5 Å². The van der Waals surface area contributed by atoms with Gasteiger partial charge in [-0.1, -0.05) is 6.92 Å². The first kappa shape index (κ1) is 18.7.